The summed E-state index contributed by atoms with van der Waals surface area (Å²) in [5.74, 6) is 1.25. The molecule has 2 aromatic rings. The van der Waals surface area contributed by atoms with Gasteiger partial charge in [-0.3, -0.25) is 0 Å². The number of nitrogens with zero attached hydrogens (tertiary/aromatic N) is 4. The molecule has 0 saturated carbocycles. The zero-order valence-electron chi connectivity index (χ0n) is 11.8. The van der Waals surface area contributed by atoms with Crippen LogP contribution in [0.4, 0.5) is 0 Å². The molecule has 0 aliphatic heterocycles. The summed E-state index contributed by atoms with van der Waals surface area (Å²) < 4.78 is 6.82. The zero-order valence-corrected chi connectivity index (χ0v) is 14.1. The molecule has 1 aromatic heterocycles. The molecule has 0 radical (unpaired) electrons. The normalized spacial score (nSPS) is 11.3. The minimum absolute atomic E-state index is 0.441. The van der Waals surface area contributed by atoms with Crippen molar-refractivity contribution < 1.29 is 4.74 Å². The van der Waals surface area contributed by atoms with E-state index in [0.29, 0.717) is 15.8 Å². The summed E-state index contributed by atoms with van der Waals surface area (Å²) in [5, 5.41) is 14.2. The number of aryl methyl sites for hydroxylation is 1. The van der Waals surface area contributed by atoms with E-state index in [-0.39, 0.29) is 0 Å². The van der Waals surface area contributed by atoms with Gasteiger partial charge in [0, 0.05) is 6.42 Å². The Bertz CT molecular complexity index is 628. The van der Waals surface area contributed by atoms with E-state index >= 15 is 0 Å². The largest absolute Gasteiger partial charge is 0.494 e. The SMILES string of the molecule is CCc1nnc(SC)n1/N=C\c1cc(Cl)c(OC)c(Cl)c1. The first-order chi connectivity index (χ1) is 10.1. The minimum Gasteiger partial charge on any atom is -0.494 e. The van der Waals surface area contributed by atoms with Gasteiger partial charge in [0.25, 0.3) is 0 Å². The van der Waals surface area contributed by atoms with Gasteiger partial charge in [0.15, 0.2) is 11.6 Å². The van der Waals surface area contributed by atoms with Crippen LogP contribution in [0, 0.1) is 0 Å². The highest BCUT2D eigenvalue weighted by atomic mass is 35.5. The van der Waals surface area contributed by atoms with Gasteiger partial charge < -0.3 is 4.74 Å². The Morgan fingerprint density at radius 1 is 1.33 bits per heavy atom. The van der Waals surface area contributed by atoms with Gasteiger partial charge in [-0.15, -0.1) is 10.2 Å². The first kappa shape index (κ1) is 16.1. The van der Waals surface area contributed by atoms with Crippen molar-refractivity contribution in [2.45, 2.75) is 18.5 Å². The molecule has 1 aromatic carbocycles. The summed E-state index contributed by atoms with van der Waals surface area (Å²) in [4.78, 5) is 0. The lowest BCUT2D eigenvalue weighted by Gasteiger charge is -2.06. The molecule has 0 spiro atoms. The fourth-order valence-electron chi connectivity index (χ4n) is 1.73. The monoisotopic (exact) mass is 344 g/mol. The molecule has 2 rings (SSSR count). The lowest BCUT2D eigenvalue weighted by atomic mass is 10.2. The Kier molecular flexibility index (Phi) is 5.50. The molecule has 1 heterocycles. The number of hydrogen-bond donors (Lipinski definition) is 0. The summed E-state index contributed by atoms with van der Waals surface area (Å²) in [7, 11) is 1.52. The van der Waals surface area contributed by atoms with Gasteiger partial charge in [-0.2, -0.15) is 9.78 Å². The number of hydrogen-bond acceptors (Lipinski definition) is 5. The molecule has 8 heteroatoms. The highest BCUT2D eigenvalue weighted by molar-refractivity contribution is 7.98. The predicted molar refractivity (Wildman–Crippen MR) is 87.2 cm³/mol. The molecule has 0 atom stereocenters. The van der Waals surface area contributed by atoms with Crippen LogP contribution in [0.25, 0.3) is 0 Å². The molecule has 0 amide bonds. The van der Waals surface area contributed by atoms with E-state index < -0.39 is 0 Å². The van der Waals surface area contributed by atoms with Crippen LogP contribution in [0.3, 0.4) is 0 Å². The second kappa shape index (κ2) is 7.15. The molecule has 5 nitrogen and oxygen atoms in total. The standard InChI is InChI=1S/C13H14Cl2N4OS/c1-4-11-17-18-13(21-3)19(11)16-7-8-5-9(14)12(20-2)10(15)6-8/h5-7H,4H2,1-3H3/b16-7-. The fraction of sp³-hybridized carbons (Fsp3) is 0.308. The van der Waals surface area contributed by atoms with Crippen molar-refractivity contribution in [1.29, 1.82) is 0 Å². The first-order valence-electron chi connectivity index (χ1n) is 6.16. The van der Waals surface area contributed by atoms with Crippen molar-refractivity contribution in [1.82, 2.24) is 14.9 Å². The topological polar surface area (TPSA) is 52.3 Å². The summed E-state index contributed by atoms with van der Waals surface area (Å²) >= 11 is 13.7. The van der Waals surface area contributed by atoms with Gasteiger partial charge in [-0.1, -0.05) is 41.9 Å². The molecule has 0 aliphatic rings. The second-order valence-electron chi connectivity index (χ2n) is 4.03. The van der Waals surface area contributed by atoms with Crippen LogP contribution in [0.2, 0.25) is 10.0 Å². The third kappa shape index (κ3) is 3.51. The molecule has 0 aliphatic carbocycles. The van der Waals surface area contributed by atoms with Crippen molar-refractivity contribution in [3.8, 4) is 5.75 Å². The lowest BCUT2D eigenvalue weighted by Crippen LogP contribution is -1.99. The van der Waals surface area contributed by atoms with Gasteiger partial charge in [-0.05, 0) is 24.0 Å². The molecule has 21 heavy (non-hydrogen) atoms. The van der Waals surface area contributed by atoms with Crippen molar-refractivity contribution in [3.63, 3.8) is 0 Å². The van der Waals surface area contributed by atoms with Crippen molar-refractivity contribution >= 4 is 41.2 Å². The number of rotatable bonds is 5. The van der Waals surface area contributed by atoms with E-state index in [1.165, 1.54) is 18.9 Å². The number of halogens is 2. The van der Waals surface area contributed by atoms with Crippen molar-refractivity contribution in [2.24, 2.45) is 5.10 Å². The third-order valence-corrected chi connectivity index (χ3v) is 3.90. The van der Waals surface area contributed by atoms with Gasteiger partial charge in [0.1, 0.15) is 0 Å². The van der Waals surface area contributed by atoms with Crippen LogP contribution in [0.1, 0.15) is 18.3 Å². The lowest BCUT2D eigenvalue weighted by molar-refractivity contribution is 0.415. The number of aromatic nitrogens is 3. The van der Waals surface area contributed by atoms with E-state index in [1.54, 1.807) is 23.0 Å². The van der Waals surface area contributed by atoms with Crippen molar-refractivity contribution in [3.05, 3.63) is 33.6 Å². The minimum atomic E-state index is 0.441. The van der Waals surface area contributed by atoms with Crippen LogP contribution < -0.4 is 4.74 Å². The van der Waals surface area contributed by atoms with E-state index in [1.807, 2.05) is 13.2 Å². The Morgan fingerprint density at radius 2 is 2.00 bits per heavy atom. The second-order valence-corrected chi connectivity index (χ2v) is 5.62. The van der Waals surface area contributed by atoms with Crippen LogP contribution >= 0.6 is 35.0 Å². The smallest absolute Gasteiger partial charge is 0.211 e. The van der Waals surface area contributed by atoms with Gasteiger partial charge in [-0.25, -0.2) is 0 Å². The number of methoxy groups -OCH3 is 1. The third-order valence-electron chi connectivity index (χ3n) is 2.72. The molecule has 0 N–H and O–H groups in total. The zero-order chi connectivity index (χ0) is 15.4. The Hall–Kier alpha value is -1.24. The highest BCUT2D eigenvalue weighted by Crippen LogP contribution is 2.33. The molecule has 0 bridgehead atoms. The number of ether oxygens (including phenoxy) is 1. The fourth-order valence-corrected chi connectivity index (χ4v) is 2.84. The number of benzene rings is 1. The van der Waals surface area contributed by atoms with Crippen LogP contribution in [0.5, 0.6) is 5.75 Å². The van der Waals surface area contributed by atoms with E-state index in [9.17, 15) is 0 Å². The summed E-state index contributed by atoms with van der Waals surface area (Å²) in [6, 6.07) is 3.48. The van der Waals surface area contributed by atoms with E-state index in [0.717, 1.165) is 23.0 Å². The molecule has 0 saturated heterocycles. The maximum absolute atomic E-state index is 6.11. The predicted octanol–water partition coefficient (Wildman–Crippen LogP) is 3.76. The van der Waals surface area contributed by atoms with Crippen LogP contribution in [-0.2, 0) is 6.42 Å². The van der Waals surface area contributed by atoms with Crippen LogP contribution in [0.15, 0.2) is 22.4 Å². The average molecular weight is 345 g/mol. The Balaban J connectivity index is 2.36. The Morgan fingerprint density at radius 3 is 2.52 bits per heavy atom. The van der Waals surface area contributed by atoms with E-state index in [4.69, 9.17) is 27.9 Å². The molecular weight excluding hydrogens is 331 g/mol. The first-order valence-corrected chi connectivity index (χ1v) is 8.14. The molecule has 0 fully saturated rings. The number of thioether (sulfide) groups is 1. The Labute approximate surface area is 137 Å². The summed E-state index contributed by atoms with van der Waals surface area (Å²) in [6.07, 6.45) is 4.34. The molecular formula is C13H14Cl2N4OS. The maximum atomic E-state index is 6.11. The van der Waals surface area contributed by atoms with Crippen molar-refractivity contribution in [2.75, 3.05) is 13.4 Å². The molecule has 0 unspecified atom stereocenters. The van der Waals surface area contributed by atoms with E-state index in [2.05, 4.69) is 15.3 Å². The molecule has 112 valence electrons. The average Bonchev–Trinajstić information content (AvgIpc) is 2.86. The summed E-state index contributed by atoms with van der Waals surface area (Å²) in [6.45, 7) is 2.00. The summed E-state index contributed by atoms with van der Waals surface area (Å²) in [5.41, 5.74) is 0.772. The van der Waals surface area contributed by atoms with Crippen LogP contribution in [-0.4, -0.2) is 34.5 Å². The van der Waals surface area contributed by atoms with Gasteiger partial charge in [0.05, 0.1) is 23.4 Å². The van der Waals surface area contributed by atoms with Gasteiger partial charge in [0.2, 0.25) is 5.16 Å². The quantitative estimate of drug-likeness (QED) is 0.612. The maximum Gasteiger partial charge on any atom is 0.211 e. The highest BCUT2D eigenvalue weighted by Gasteiger charge is 2.10. The van der Waals surface area contributed by atoms with Gasteiger partial charge >= 0.3 is 0 Å².